The fourth-order valence-corrected chi connectivity index (χ4v) is 2.70. The van der Waals surface area contributed by atoms with E-state index in [4.69, 9.17) is 4.74 Å². The zero-order chi connectivity index (χ0) is 19.4. The van der Waals surface area contributed by atoms with Crippen molar-refractivity contribution in [1.82, 2.24) is 10.3 Å². The number of carbonyl (C=O) groups excluding carboxylic acids is 1. The fraction of sp³-hybridized carbons (Fsp3) is 0.333. The highest BCUT2D eigenvalue weighted by Crippen LogP contribution is 2.37. The first-order valence-corrected chi connectivity index (χ1v) is 8.27. The van der Waals surface area contributed by atoms with E-state index in [1.54, 1.807) is 6.07 Å². The number of hydrogen-bond donors (Lipinski definition) is 2. The molecule has 0 bridgehead atoms. The van der Waals surface area contributed by atoms with Crippen molar-refractivity contribution in [2.45, 2.75) is 19.1 Å². The van der Waals surface area contributed by atoms with Gasteiger partial charge in [0.05, 0.1) is 47.9 Å². The van der Waals surface area contributed by atoms with E-state index < -0.39 is 23.2 Å². The number of rotatable bonds is 5. The second-order valence-electron chi connectivity index (χ2n) is 6.10. The van der Waals surface area contributed by atoms with E-state index in [1.165, 1.54) is 12.3 Å². The van der Waals surface area contributed by atoms with Gasteiger partial charge >= 0.3 is 6.18 Å². The molecular weight excluding hydrogens is 366 g/mol. The summed E-state index contributed by atoms with van der Waals surface area (Å²) in [6, 6.07) is 5.77. The van der Waals surface area contributed by atoms with Crippen LogP contribution in [0.4, 0.5) is 28.9 Å². The third kappa shape index (κ3) is 4.73. The molecule has 5 nitrogen and oxygen atoms in total. The van der Waals surface area contributed by atoms with Crippen molar-refractivity contribution >= 4 is 17.3 Å². The first-order chi connectivity index (χ1) is 12.8. The Labute approximate surface area is 152 Å². The van der Waals surface area contributed by atoms with Crippen LogP contribution in [0.15, 0.2) is 36.5 Å². The van der Waals surface area contributed by atoms with Crippen molar-refractivity contribution in [3.05, 3.63) is 53.6 Å². The van der Waals surface area contributed by atoms with E-state index in [2.05, 4.69) is 15.6 Å². The van der Waals surface area contributed by atoms with Gasteiger partial charge in [0.25, 0.3) is 0 Å². The maximum Gasteiger partial charge on any atom is 0.418 e. The Morgan fingerprint density at radius 1 is 1.26 bits per heavy atom. The number of para-hydroxylation sites is 1. The summed E-state index contributed by atoms with van der Waals surface area (Å²) in [6.45, 7) is 1.14. The summed E-state index contributed by atoms with van der Waals surface area (Å²) in [7, 11) is 0. The van der Waals surface area contributed by atoms with Crippen LogP contribution in [0.1, 0.15) is 17.7 Å². The third-order valence-corrected chi connectivity index (χ3v) is 4.16. The number of aromatic nitrogens is 1. The highest BCUT2D eigenvalue weighted by Gasteiger charge is 2.34. The fourth-order valence-electron chi connectivity index (χ4n) is 2.70. The Balaban J connectivity index is 1.65. The molecule has 2 aromatic rings. The normalized spacial score (nSPS) is 17.0. The summed E-state index contributed by atoms with van der Waals surface area (Å²) in [5.41, 5.74) is -1.03. The minimum absolute atomic E-state index is 0.127. The molecule has 1 atom stereocenters. The SMILES string of the molecule is O=C(NCc1ccc(Nc2c(F)cccc2C(F)(F)F)cn1)[C@@H]1CCOC1. The largest absolute Gasteiger partial charge is 0.418 e. The van der Waals surface area contributed by atoms with Gasteiger partial charge in [0, 0.05) is 6.61 Å². The Kier molecular flexibility index (Phi) is 5.59. The zero-order valence-corrected chi connectivity index (χ0v) is 14.1. The van der Waals surface area contributed by atoms with Gasteiger partial charge in [0.2, 0.25) is 5.91 Å². The Hall–Kier alpha value is -2.68. The van der Waals surface area contributed by atoms with Gasteiger partial charge in [0.1, 0.15) is 5.82 Å². The molecule has 1 aliphatic heterocycles. The Morgan fingerprint density at radius 3 is 2.70 bits per heavy atom. The molecule has 1 amide bonds. The van der Waals surface area contributed by atoms with Crippen LogP contribution in [0.3, 0.4) is 0 Å². The van der Waals surface area contributed by atoms with E-state index in [-0.39, 0.29) is 24.1 Å². The smallest absolute Gasteiger partial charge is 0.381 e. The number of carbonyl (C=O) groups is 1. The third-order valence-electron chi connectivity index (χ3n) is 4.16. The highest BCUT2D eigenvalue weighted by molar-refractivity contribution is 5.78. The van der Waals surface area contributed by atoms with Crippen LogP contribution in [0.5, 0.6) is 0 Å². The molecule has 1 saturated heterocycles. The number of ether oxygens (including phenoxy) is 1. The van der Waals surface area contributed by atoms with Crippen LogP contribution in [0.25, 0.3) is 0 Å². The van der Waals surface area contributed by atoms with Crippen LogP contribution in [-0.4, -0.2) is 24.1 Å². The number of benzene rings is 1. The zero-order valence-electron chi connectivity index (χ0n) is 14.1. The van der Waals surface area contributed by atoms with Crippen LogP contribution in [-0.2, 0) is 22.3 Å². The number of halogens is 4. The van der Waals surface area contributed by atoms with E-state index in [0.717, 1.165) is 18.2 Å². The molecule has 2 heterocycles. The van der Waals surface area contributed by atoms with Crippen molar-refractivity contribution < 1.29 is 27.1 Å². The predicted octanol–water partition coefficient (Wildman–Crippen LogP) is 3.64. The molecule has 1 aliphatic rings. The lowest BCUT2D eigenvalue weighted by molar-refractivity contribution is -0.137. The van der Waals surface area contributed by atoms with Gasteiger partial charge in [-0.1, -0.05) is 6.07 Å². The van der Waals surface area contributed by atoms with Crippen molar-refractivity contribution in [1.29, 1.82) is 0 Å². The van der Waals surface area contributed by atoms with E-state index >= 15 is 0 Å². The van der Waals surface area contributed by atoms with Gasteiger partial charge in [-0.15, -0.1) is 0 Å². The van der Waals surface area contributed by atoms with E-state index in [0.29, 0.717) is 25.3 Å². The molecule has 144 valence electrons. The molecule has 0 saturated carbocycles. The van der Waals surface area contributed by atoms with Crippen LogP contribution >= 0.6 is 0 Å². The molecule has 0 radical (unpaired) electrons. The predicted molar refractivity (Wildman–Crippen MR) is 89.7 cm³/mol. The van der Waals surface area contributed by atoms with Gasteiger partial charge in [-0.05, 0) is 30.7 Å². The number of hydrogen-bond acceptors (Lipinski definition) is 4. The minimum Gasteiger partial charge on any atom is -0.381 e. The molecule has 1 fully saturated rings. The second kappa shape index (κ2) is 7.91. The summed E-state index contributed by atoms with van der Waals surface area (Å²) < 4.78 is 58.1. The average Bonchev–Trinajstić information content (AvgIpc) is 3.16. The number of anilines is 2. The summed E-state index contributed by atoms with van der Waals surface area (Å²) in [5, 5.41) is 5.16. The van der Waals surface area contributed by atoms with Crippen LogP contribution < -0.4 is 10.6 Å². The molecule has 27 heavy (non-hydrogen) atoms. The lowest BCUT2D eigenvalue weighted by Gasteiger charge is -2.15. The molecule has 1 aromatic carbocycles. The summed E-state index contributed by atoms with van der Waals surface area (Å²) in [5.74, 6) is -1.31. The molecule has 2 N–H and O–H groups in total. The lowest BCUT2D eigenvalue weighted by Crippen LogP contribution is -2.30. The lowest BCUT2D eigenvalue weighted by atomic mass is 10.1. The number of alkyl halides is 3. The van der Waals surface area contributed by atoms with Gasteiger partial charge in [-0.25, -0.2) is 4.39 Å². The summed E-state index contributed by atoms with van der Waals surface area (Å²) in [4.78, 5) is 16.0. The maximum absolute atomic E-state index is 13.9. The van der Waals surface area contributed by atoms with Gasteiger partial charge < -0.3 is 15.4 Å². The summed E-state index contributed by atoms with van der Waals surface area (Å²) >= 11 is 0. The van der Waals surface area contributed by atoms with Crippen LogP contribution in [0, 0.1) is 11.7 Å². The molecular formula is C18H17F4N3O2. The number of pyridine rings is 1. The topological polar surface area (TPSA) is 63.2 Å². The quantitative estimate of drug-likeness (QED) is 0.774. The standard InChI is InChI=1S/C18H17F4N3O2/c19-15-3-1-2-14(18(20,21)22)16(15)25-13-5-4-12(23-9-13)8-24-17(26)11-6-7-27-10-11/h1-5,9,11,25H,6-8,10H2,(H,24,26)/t11-/m1/s1. The summed E-state index contributed by atoms with van der Waals surface area (Å²) in [6.07, 6.45) is -2.73. The van der Waals surface area contributed by atoms with E-state index in [9.17, 15) is 22.4 Å². The van der Waals surface area contributed by atoms with E-state index in [1.807, 2.05) is 0 Å². The Bertz CT molecular complexity index is 803. The average molecular weight is 383 g/mol. The number of amides is 1. The first-order valence-electron chi connectivity index (χ1n) is 8.27. The van der Waals surface area contributed by atoms with Gasteiger partial charge in [-0.3, -0.25) is 9.78 Å². The Morgan fingerprint density at radius 2 is 2.07 bits per heavy atom. The minimum atomic E-state index is -4.69. The first kappa shape index (κ1) is 19.1. The van der Waals surface area contributed by atoms with Crippen molar-refractivity contribution in [2.75, 3.05) is 18.5 Å². The monoisotopic (exact) mass is 383 g/mol. The van der Waals surface area contributed by atoms with Gasteiger partial charge in [0.15, 0.2) is 0 Å². The van der Waals surface area contributed by atoms with Crippen molar-refractivity contribution in [2.24, 2.45) is 5.92 Å². The van der Waals surface area contributed by atoms with Crippen molar-refractivity contribution in [3.8, 4) is 0 Å². The molecule has 3 rings (SSSR count). The molecule has 0 unspecified atom stereocenters. The van der Waals surface area contributed by atoms with Gasteiger partial charge in [-0.2, -0.15) is 13.2 Å². The number of nitrogens with zero attached hydrogens (tertiary/aromatic N) is 1. The van der Waals surface area contributed by atoms with Crippen LogP contribution in [0.2, 0.25) is 0 Å². The molecule has 0 spiro atoms. The van der Waals surface area contributed by atoms with Crippen molar-refractivity contribution in [3.63, 3.8) is 0 Å². The maximum atomic E-state index is 13.9. The molecule has 1 aromatic heterocycles. The molecule has 9 heteroatoms. The second-order valence-corrected chi connectivity index (χ2v) is 6.10. The highest BCUT2D eigenvalue weighted by atomic mass is 19.4. The number of nitrogens with one attached hydrogen (secondary N) is 2. The molecule has 0 aliphatic carbocycles.